The summed E-state index contributed by atoms with van der Waals surface area (Å²) in [6.07, 6.45) is 2.88. The highest BCUT2D eigenvalue weighted by Gasteiger charge is 2.42. The number of hydrogen-bond acceptors (Lipinski definition) is 3. The van der Waals surface area contributed by atoms with Gasteiger partial charge in [0.1, 0.15) is 0 Å². The number of thiophene rings is 1. The van der Waals surface area contributed by atoms with Gasteiger partial charge in [0.2, 0.25) is 5.91 Å². The molecule has 3 heterocycles. The van der Waals surface area contributed by atoms with E-state index in [4.69, 9.17) is 0 Å². The maximum Gasteiger partial charge on any atom is 0.220 e. The Kier molecular flexibility index (Phi) is 6.73. The highest BCUT2D eigenvalue weighted by Crippen LogP contribution is 2.36. The molecule has 0 radical (unpaired) electrons. The monoisotopic (exact) mass is 512 g/mol. The first-order valence-corrected chi connectivity index (χ1v) is 9.18. The van der Waals surface area contributed by atoms with Gasteiger partial charge >= 0.3 is 0 Å². The van der Waals surface area contributed by atoms with Gasteiger partial charge in [0, 0.05) is 43.4 Å². The van der Waals surface area contributed by atoms with Crippen LogP contribution in [0, 0.1) is 5.41 Å². The number of piperidine rings is 1. The standard InChI is InChI=1S/C15H21BrN4OS.HI/c1-17-14(18-8-11-3-4-12(16)22-11)20-6-2-5-15(10-20)7-13(21)19-9-15;/h3-4H,2,5-10H2,1H3,(H,17,18)(H,19,21);1H. The maximum absolute atomic E-state index is 11.6. The molecule has 2 saturated heterocycles. The molecule has 23 heavy (non-hydrogen) atoms. The average Bonchev–Trinajstić information content (AvgIpc) is 3.06. The molecule has 1 aromatic rings. The van der Waals surface area contributed by atoms with Gasteiger partial charge in [-0.2, -0.15) is 0 Å². The van der Waals surface area contributed by atoms with Crippen LogP contribution in [0.4, 0.5) is 0 Å². The van der Waals surface area contributed by atoms with Gasteiger partial charge in [0.25, 0.3) is 0 Å². The Morgan fingerprint density at radius 3 is 3.00 bits per heavy atom. The van der Waals surface area contributed by atoms with Gasteiger partial charge in [-0.1, -0.05) is 0 Å². The molecule has 8 heteroatoms. The Morgan fingerprint density at radius 2 is 2.39 bits per heavy atom. The quantitative estimate of drug-likeness (QED) is 0.364. The molecular formula is C15H22BrIN4OS. The number of amides is 1. The third kappa shape index (κ3) is 4.60. The normalized spacial score (nSPS) is 24.5. The van der Waals surface area contributed by atoms with Crippen LogP contribution in [0.3, 0.4) is 0 Å². The molecule has 0 aromatic carbocycles. The topological polar surface area (TPSA) is 56.7 Å². The summed E-state index contributed by atoms with van der Waals surface area (Å²) in [5.74, 6) is 1.12. The van der Waals surface area contributed by atoms with E-state index in [9.17, 15) is 4.79 Å². The van der Waals surface area contributed by atoms with Crippen molar-refractivity contribution in [1.29, 1.82) is 0 Å². The molecule has 0 saturated carbocycles. The van der Waals surface area contributed by atoms with Gasteiger partial charge in [-0.05, 0) is 40.9 Å². The molecule has 3 rings (SSSR count). The molecule has 1 spiro atoms. The second kappa shape index (κ2) is 8.15. The Hall–Kier alpha value is -0.350. The van der Waals surface area contributed by atoms with Crippen molar-refractivity contribution in [1.82, 2.24) is 15.5 Å². The minimum atomic E-state index is 0. The molecular weight excluding hydrogens is 491 g/mol. The summed E-state index contributed by atoms with van der Waals surface area (Å²) < 4.78 is 1.15. The van der Waals surface area contributed by atoms with Gasteiger partial charge < -0.3 is 15.5 Å². The second-order valence-corrected chi connectivity index (χ2v) is 8.63. The van der Waals surface area contributed by atoms with E-state index in [0.29, 0.717) is 6.42 Å². The molecule has 5 nitrogen and oxygen atoms in total. The van der Waals surface area contributed by atoms with Crippen molar-refractivity contribution in [2.45, 2.75) is 25.8 Å². The van der Waals surface area contributed by atoms with Crippen molar-refractivity contribution in [3.05, 3.63) is 20.8 Å². The largest absolute Gasteiger partial charge is 0.355 e. The van der Waals surface area contributed by atoms with Gasteiger partial charge in [-0.3, -0.25) is 9.79 Å². The number of halogens is 2. The van der Waals surface area contributed by atoms with Crippen molar-refractivity contribution in [3.8, 4) is 0 Å². The summed E-state index contributed by atoms with van der Waals surface area (Å²) in [4.78, 5) is 19.6. The van der Waals surface area contributed by atoms with Gasteiger partial charge in [0.15, 0.2) is 5.96 Å². The molecule has 2 aliphatic heterocycles. The van der Waals surface area contributed by atoms with Crippen LogP contribution < -0.4 is 10.6 Å². The van der Waals surface area contributed by atoms with Crippen LogP contribution in [0.2, 0.25) is 0 Å². The van der Waals surface area contributed by atoms with Gasteiger partial charge in [0.05, 0.1) is 10.3 Å². The third-order valence-corrected chi connectivity index (χ3v) is 6.04. The lowest BCUT2D eigenvalue weighted by Gasteiger charge is -2.40. The molecule has 1 aromatic heterocycles. The average molecular weight is 513 g/mol. The summed E-state index contributed by atoms with van der Waals surface area (Å²) in [7, 11) is 1.83. The van der Waals surface area contributed by atoms with Gasteiger partial charge in [-0.25, -0.2) is 0 Å². The Balaban J connectivity index is 0.00000192. The van der Waals surface area contributed by atoms with E-state index in [0.717, 1.165) is 48.8 Å². The summed E-state index contributed by atoms with van der Waals surface area (Å²) in [6, 6.07) is 4.18. The molecule has 1 amide bonds. The van der Waals surface area contributed by atoms with Crippen LogP contribution >= 0.6 is 51.2 Å². The number of guanidine groups is 1. The van der Waals surface area contributed by atoms with E-state index in [1.165, 1.54) is 4.88 Å². The number of carbonyl (C=O) groups is 1. The van der Waals surface area contributed by atoms with E-state index >= 15 is 0 Å². The number of likely N-dealkylation sites (tertiary alicyclic amines) is 1. The fraction of sp³-hybridized carbons (Fsp3) is 0.600. The van der Waals surface area contributed by atoms with Crippen molar-refractivity contribution in [2.75, 3.05) is 26.7 Å². The van der Waals surface area contributed by atoms with Crippen LogP contribution in [-0.4, -0.2) is 43.4 Å². The first-order valence-electron chi connectivity index (χ1n) is 7.57. The molecule has 128 valence electrons. The number of carbonyl (C=O) groups excluding carboxylic acids is 1. The Bertz CT molecular complexity index is 594. The summed E-state index contributed by atoms with van der Waals surface area (Å²) >= 11 is 5.22. The molecule has 2 fully saturated rings. The zero-order valence-electron chi connectivity index (χ0n) is 13.1. The van der Waals surface area contributed by atoms with E-state index in [-0.39, 0.29) is 35.3 Å². The second-order valence-electron chi connectivity index (χ2n) is 6.09. The number of aliphatic imine (C=N–C) groups is 1. The van der Waals surface area contributed by atoms with Crippen LogP contribution in [0.25, 0.3) is 0 Å². The number of nitrogens with zero attached hydrogens (tertiary/aromatic N) is 2. The Morgan fingerprint density at radius 1 is 1.57 bits per heavy atom. The molecule has 1 atom stereocenters. The Labute approximate surface area is 166 Å². The smallest absolute Gasteiger partial charge is 0.220 e. The number of hydrogen-bond donors (Lipinski definition) is 2. The van der Waals surface area contributed by atoms with Gasteiger partial charge in [-0.15, -0.1) is 35.3 Å². The summed E-state index contributed by atoms with van der Waals surface area (Å²) in [5.41, 5.74) is 0.0961. The first-order chi connectivity index (χ1) is 10.6. The van der Waals surface area contributed by atoms with Crippen molar-refractivity contribution >= 4 is 63.1 Å². The van der Waals surface area contributed by atoms with Crippen LogP contribution in [0.1, 0.15) is 24.1 Å². The molecule has 2 N–H and O–H groups in total. The summed E-state index contributed by atoms with van der Waals surface area (Å²) in [5, 5.41) is 6.44. The lowest BCUT2D eigenvalue weighted by molar-refractivity contribution is -0.119. The van der Waals surface area contributed by atoms with Crippen LogP contribution in [-0.2, 0) is 11.3 Å². The van der Waals surface area contributed by atoms with E-state index in [1.54, 1.807) is 11.3 Å². The number of nitrogens with one attached hydrogen (secondary N) is 2. The molecule has 2 aliphatic rings. The van der Waals surface area contributed by atoms with Crippen molar-refractivity contribution in [2.24, 2.45) is 10.4 Å². The lowest BCUT2D eigenvalue weighted by atomic mass is 9.79. The molecule has 0 aliphatic carbocycles. The predicted molar refractivity (Wildman–Crippen MR) is 108 cm³/mol. The van der Waals surface area contributed by atoms with Crippen molar-refractivity contribution in [3.63, 3.8) is 0 Å². The minimum absolute atomic E-state index is 0. The highest BCUT2D eigenvalue weighted by molar-refractivity contribution is 14.0. The summed E-state index contributed by atoms with van der Waals surface area (Å²) in [6.45, 7) is 3.49. The lowest BCUT2D eigenvalue weighted by Crippen LogP contribution is -2.51. The molecule has 0 bridgehead atoms. The molecule has 1 unspecified atom stereocenters. The van der Waals surface area contributed by atoms with Crippen molar-refractivity contribution < 1.29 is 4.79 Å². The minimum Gasteiger partial charge on any atom is -0.355 e. The van der Waals surface area contributed by atoms with Crippen LogP contribution in [0.15, 0.2) is 20.9 Å². The first kappa shape index (κ1) is 19.0. The van der Waals surface area contributed by atoms with E-state index < -0.39 is 0 Å². The zero-order chi connectivity index (χ0) is 15.6. The fourth-order valence-corrected chi connectivity index (χ4v) is 4.80. The predicted octanol–water partition coefficient (Wildman–Crippen LogP) is 2.81. The zero-order valence-corrected chi connectivity index (χ0v) is 17.8. The highest BCUT2D eigenvalue weighted by atomic mass is 127. The fourth-order valence-electron chi connectivity index (χ4n) is 3.37. The van der Waals surface area contributed by atoms with E-state index in [2.05, 4.69) is 48.6 Å². The maximum atomic E-state index is 11.6. The van der Waals surface area contributed by atoms with E-state index in [1.807, 2.05) is 7.05 Å². The SMILES string of the molecule is CN=C(NCc1ccc(Br)s1)N1CCCC2(CNC(=O)C2)C1.I. The third-order valence-electron chi connectivity index (χ3n) is 4.42. The number of rotatable bonds is 2. The van der Waals surface area contributed by atoms with Crippen LogP contribution in [0.5, 0.6) is 0 Å².